The molecule has 2 aromatic rings. The van der Waals surface area contributed by atoms with Crippen LogP contribution in [0.2, 0.25) is 0 Å². The molecule has 2 rings (SSSR count). The Balaban J connectivity index is 0.000000165. The summed E-state index contributed by atoms with van der Waals surface area (Å²) in [6, 6.07) is 9.06. The van der Waals surface area contributed by atoms with Gasteiger partial charge in [0.05, 0.1) is 0 Å². The van der Waals surface area contributed by atoms with Crippen LogP contribution in [-0.2, 0) is 6.54 Å². The highest BCUT2D eigenvalue weighted by Gasteiger charge is 1.84. The molecule has 0 aliphatic heterocycles. The van der Waals surface area contributed by atoms with Crippen molar-refractivity contribution >= 4 is 0 Å². The maximum absolute atomic E-state index is 10.2. The second kappa shape index (κ2) is 7.51. The van der Waals surface area contributed by atoms with Crippen LogP contribution in [-0.4, -0.2) is 9.55 Å². The van der Waals surface area contributed by atoms with E-state index in [0.29, 0.717) is 0 Å². The van der Waals surface area contributed by atoms with E-state index in [2.05, 4.69) is 41.0 Å². The van der Waals surface area contributed by atoms with Gasteiger partial charge in [0.1, 0.15) is 0 Å². The molecule has 2 heterocycles. The first-order chi connectivity index (χ1) is 7.83. The predicted octanol–water partition coefficient (Wildman–Crippen LogP) is 2.66. The number of unbranched alkanes of at least 4 members (excludes halogenated alkanes) is 1. The van der Waals surface area contributed by atoms with Gasteiger partial charge in [-0.2, -0.15) is 0 Å². The van der Waals surface area contributed by atoms with E-state index in [-0.39, 0.29) is 5.56 Å². The van der Waals surface area contributed by atoms with Crippen molar-refractivity contribution in [2.75, 3.05) is 0 Å². The minimum absolute atomic E-state index is 0.0532. The molecule has 16 heavy (non-hydrogen) atoms. The maximum atomic E-state index is 10.2. The molecule has 0 fully saturated rings. The second-order valence-electron chi connectivity index (χ2n) is 3.50. The lowest BCUT2D eigenvalue weighted by molar-refractivity contribution is 0.635. The van der Waals surface area contributed by atoms with Crippen LogP contribution in [0.1, 0.15) is 19.8 Å². The van der Waals surface area contributed by atoms with Crippen LogP contribution in [0.25, 0.3) is 0 Å². The normalized spacial score (nSPS) is 9.31. The van der Waals surface area contributed by atoms with Crippen molar-refractivity contribution in [1.29, 1.82) is 0 Å². The van der Waals surface area contributed by atoms with Crippen LogP contribution in [0.3, 0.4) is 0 Å². The van der Waals surface area contributed by atoms with E-state index in [1.807, 2.05) is 0 Å². The third-order valence-corrected chi connectivity index (χ3v) is 2.12. The summed E-state index contributed by atoms with van der Waals surface area (Å²) in [6.45, 7) is 3.38. The Morgan fingerprint density at radius 1 is 1.19 bits per heavy atom. The maximum Gasteiger partial charge on any atom is 0.247 e. The number of hydrogen-bond donors (Lipinski definition) is 1. The summed E-state index contributed by atoms with van der Waals surface area (Å²) in [4.78, 5) is 12.7. The number of H-pyrrole nitrogens is 1. The number of rotatable bonds is 3. The summed E-state index contributed by atoms with van der Waals surface area (Å²) in [5.74, 6) is 0. The number of nitrogens with one attached hydrogen (secondary N) is 1. The molecule has 86 valence electrons. The number of aromatic amines is 1. The SMILES string of the molecule is CCCCn1cccc1.O=c1cccc[nH]1. The Kier molecular flexibility index (Phi) is 5.78. The molecular weight excluding hydrogens is 200 g/mol. The predicted molar refractivity (Wildman–Crippen MR) is 66.4 cm³/mol. The van der Waals surface area contributed by atoms with Gasteiger partial charge in [-0.1, -0.05) is 19.4 Å². The standard InChI is InChI=1S/C8H13N.C5H5NO/c1-2-3-6-9-7-4-5-8-9;7-5-3-1-2-4-6-5/h4-5,7-8H,2-3,6H2,1H3;1-4H,(H,6,7). The molecule has 2 aromatic heterocycles. The van der Waals surface area contributed by atoms with Gasteiger partial charge in [-0.15, -0.1) is 0 Å². The van der Waals surface area contributed by atoms with E-state index >= 15 is 0 Å². The highest BCUT2D eigenvalue weighted by molar-refractivity contribution is 4.90. The molecule has 0 atom stereocenters. The van der Waals surface area contributed by atoms with Crippen LogP contribution in [0, 0.1) is 0 Å². The van der Waals surface area contributed by atoms with Crippen molar-refractivity contribution < 1.29 is 0 Å². The molecule has 0 aliphatic carbocycles. The minimum Gasteiger partial charge on any atom is -0.354 e. The monoisotopic (exact) mass is 218 g/mol. The highest BCUT2D eigenvalue weighted by atomic mass is 16.1. The van der Waals surface area contributed by atoms with Gasteiger partial charge >= 0.3 is 0 Å². The number of aryl methyl sites for hydroxylation is 1. The number of nitrogens with zero attached hydrogens (tertiary/aromatic N) is 1. The average molecular weight is 218 g/mol. The van der Waals surface area contributed by atoms with Crippen LogP contribution >= 0.6 is 0 Å². The zero-order valence-corrected chi connectivity index (χ0v) is 9.60. The quantitative estimate of drug-likeness (QED) is 0.845. The fourth-order valence-electron chi connectivity index (χ4n) is 1.24. The third-order valence-electron chi connectivity index (χ3n) is 2.12. The summed E-state index contributed by atoms with van der Waals surface area (Å²) in [5.41, 5.74) is -0.0532. The number of hydrogen-bond acceptors (Lipinski definition) is 1. The first-order valence-corrected chi connectivity index (χ1v) is 5.57. The van der Waals surface area contributed by atoms with Crippen molar-refractivity contribution in [3.63, 3.8) is 0 Å². The van der Waals surface area contributed by atoms with Crippen LogP contribution < -0.4 is 5.56 Å². The highest BCUT2D eigenvalue weighted by Crippen LogP contribution is 1.94. The fraction of sp³-hybridized carbons (Fsp3) is 0.308. The molecule has 0 unspecified atom stereocenters. The zero-order chi connectivity index (χ0) is 11.6. The van der Waals surface area contributed by atoms with Crippen molar-refractivity contribution in [2.45, 2.75) is 26.3 Å². The molecule has 0 aromatic carbocycles. The van der Waals surface area contributed by atoms with E-state index in [9.17, 15) is 4.79 Å². The summed E-state index contributed by atoms with van der Waals surface area (Å²) >= 11 is 0. The van der Waals surface area contributed by atoms with E-state index in [1.165, 1.54) is 25.5 Å². The molecular formula is C13H18N2O. The van der Waals surface area contributed by atoms with E-state index < -0.39 is 0 Å². The Labute approximate surface area is 95.8 Å². The first-order valence-electron chi connectivity index (χ1n) is 5.57. The lowest BCUT2D eigenvalue weighted by Crippen LogP contribution is -1.98. The van der Waals surface area contributed by atoms with Crippen molar-refractivity contribution in [2.24, 2.45) is 0 Å². The Hall–Kier alpha value is -1.77. The van der Waals surface area contributed by atoms with Gasteiger partial charge in [0.15, 0.2) is 0 Å². The van der Waals surface area contributed by atoms with Crippen molar-refractivity contribution in [3.8, 4) is 0 Å². The molecule has 0 bridgehead atoms. The van der Waals surface area contributed by atoms with Gasteiger partial charge in [-0.3, -0.25) is 4.79 Å². The summed E-state index contributed by atoms with van der Waals surface area (Å²) < 4.78 is 2.21. The third kappa shape index (κ3) is 5.20. The van der Waals surface area contributed by atoms with E-state index in [4.69, 9.17) is 0 Å². The van der Waals surface area contributed by atoms with Gasteiger partial charge in [-0.05, 0) is 24.6 Å². The molecule has 0 radical (unpaired) electrons. The summed E-state index contributed by atoms with van der Waals surface area (Å²) in [6.07, 6.45) is 8.38. The zero-order valence-electron chi connectivity index (χ0n) is 9.60. The molecule has 0 saturated carbocycles. The van der Waals surface area contributed by atoms with Crippen LogP contribution in [0.15, 0.2) is 53.7 Å². The topological polar surface area (TPSA) is 37.8 Å². The van der Waals surface area contributed by atoms with Gasteiger partial charge in [-0.25, -0.2) is 0 Å². The Morgan fingerprint density at radius 2 is 1.94 bits per heavy atom. The smallest absolute Gasteiger partial charge is 0.247 e. The second-order valence-corrected chi connectivity index (χ2v) is 3.50. The fourth-order valence-corrected chi connectivity index (χ4v) is 1.24. The molecule has 0 spiro atoms. The first kappa shape index (κ1) is 12.3. The van der Waals surface area contributed by atoms with Crippen molar-refractivity contribution in [1.82, 2.24) is 9.55 Å². The minimum atomic E-state index is -0.0532. The molecule has 0 saturated heterocycles. The lowest BCUT2D eigenvalue weighted by atomic mass is 10.3. The Bertz CT molecular complexity index is 400. The van der Waals surface area contributed by atoms with Gasteiger partial charge in [0.2, 0.25) is 5.56 Å². The van der Waals surface area contributed by atoms with Crippen LogP contribution in [0.4, 0.5) is 0 Å². The Morgan fingerprint density at radius 3 is 2.38 bits per heavy atom. The summed E-state index contributed by atoms with van der Waals surface area (Å²) in [5, 5.41) is 0. The average Bonchev–Trinajstić information content (AvgIpc) is 2.81. The lowest BCUT2D eigenvalue weighted by Gasteiger charge is -1.97. The molecule has 3 nitrogen and oxygen atoms in total. The number of aromatic nitrogens is 2. The van der Waals surface area contributed by atoms with Gasteiger partial charge < -0.3 is 9.55 Å². The molecule has 1 N–H and O–H groups in total. The van der Waals surface area contributed by atoms with Crippen molar-refractivity contribution in [3.05, 3.63) is 59.3 Å². The van der Waals surface area contributed by atoms with Gasteiger partial charge in [0.25, 0.3) is 0 Å². The van der Waals surface area contributed by atoms with Gasteiger partial charge in [0, 0.05) is 31.2 Å². The molecule has 3 heteroatoms. The largest absolute Gasteiger partial charge is 0.354 e. The van der Waals surface area contributed by atoms with Crippen LogP contribution in [0.5, 0.6) is 0 Å². The van der Waals surface area contributed by atoms with E-state index in [1.54, 1.807) is 18.3 Å². The summed E-state index contributed by atoms with van der Waals surface area (Å²) in [7, 11) is 0. The molecule has 0 aliphatic rings. The number of pyridine rings is 1. The molecule has 0 amide bonds. The van der Waals surface area contributed by atoms with E-state index in [0.717, 1.165) is 0 Å².